The van der Waals surface area contributed by atoms with Gasteiger partial charge < -0.3 is 28.4 Å². The van der Waals surface area contributed by atoms with E-state index < -0.39 is 11.9 Å². The van der Waals surface area contributed by atoms with Gasteiger partial charge in [-0.1, -0.05) is 12.2 Å². The maximum absolute atomic E-state index is 11.3. The van der Waals surface area contributed by atoms with Crippen molar-refractivity contribution in [2.45, 2.75) is 27.1 Å². The van der Waals surface area contributed by atoms with Gasteiger partial charge in [-0.3, -0.25) is 9.59 Å². The molecule has 0 aromatic heterocycles. The zero-order valence-electron chi connectivity index (χ0n) is 19.1. The fraction of sp³-hybridized carbons (Fsp3) is 0.333. The molecule has 0 saturated carbocycles. The molecule has 0 saturated heterocycles. The number of carbonyl (C=O) groups excluding carboxylic acids is 2. The molecule has 8 heteroatoms. The van der Waals surface area contributed by atoms with E-state index in [4.69, 9.17) is 28.4 Å². The Morgan fingerprint density at radius 2 is 1.03 bits per heavy atom. The topological polar surface area (TPSA) is 89.5 Å². The van der Waals surface area contributed by atoms with Gasteiger partial charge in [0.1, 0.15) is 36.2 Å². The normalized spacial score (nSPS) is 10.6. The van der Waals surface area contributed by atoms with Gasteiger partial charge in [0, 0.05) is 36.1 Å². The van der Waals surface area contributed by atoms with Gasteiger partial charge >= 0.3 is 11.9 Å². The molecule has 0 N–H and O–H groups in total. The summed E-state index contributed by atoms with van der Waals surface area (Å²) in [5.74, 6) is 1.47. The molecule has 0 spiro atoms. The molecule has 0 amide bonds. The number of carbonyl (C=O) groups is 2. The van der Waals surface area contributed by atoms with E-state index in [2.05, 4.69) is 0 Å². The van der Waals surface area contributed by atoms with Crippen LogP contribution in [0.4, 0.5) is 0 Å². The van der Waals surface area contributed by atoms with Crippen molar-refractivity contribution < 1.29 is 38.0 Å². The summed E-state index contributed by atoms with van der Waals surface area (Å²) >= 11 is 0. The minimum Gasteiger partial charge on any atom is -0.497 e. The molecule has 0 bridgehead atoms. The molecule has 8 nitrogen and oxygen atoms in total. The molecule has 2 rings (SSSR count). The first-order chi connectivity index (χ1) is 15.3. The van der Waals surface area contributed by atoms with Crippen molar-refractivity contribution in [1.29, 1.82) is 0 Å². The number of ether oxygens (including phenoxy) is 6. The first-order valence-electron chi connectivity index (χ1n) is 9.77. The van der Waals surface area contributed by atoms with Gasteiger partial charge in [0.25, 0.3) is 0 Å². The van der Waals surface area contributed by atoms with Gasteiger partial charge in [-0.05, 0) is 24.3 Å². The van der Waals surface area contributed by atoms with Crippen molar-refractivity contribution in [3.8, 4) is 23.0 Å². The zero-order valence-corrected chi connectivity index (χ0v) is 19.1. The van der Waals surface area contributed by atoms with Crippen LogP contribution >= 0.6 is 0 Å². The van der Waals surface area contributed by atoms with Crippen molar-refractivity contribution in [3.05, 3.63) is 46.5 Å². The third-order valence-electron chi connectivity index (χ3n) is 4.52. The summed E-state index contributed by atoms with van der Waals surface area (Å²) in [6.45, 7) is 2.78. The first kappa shape index (κ1) is 24.6. The van der Waals surface area contributed by atoms with Gasteiger partial charge in [-0.2, -0.15) is 0 Å². The van der Waals surface area contributed by atoms with Crippen LogP contribution in [-0.2, 0) is 32.3 Å². The van der Waals surface area contributed by atoms with Crippen LogP contribution in [0.15, 0.2) is 24.3 Å². The number of rotatable bonds is 10. The van der Waals surface area contributed by atoms with Crippen LogP contribution in [0.3, 0.4) is 0 Å². The Labute approximate surface area is 187 Å². The molecule has 32 heavy (non-hydrogen) atoms. The van der Waals surface area contributed by atoms with Gasteiger partial charge in [-0.15, -0.1) is 0 Å². The minimum absolute atomic E-state index is 0.0472. The quantitative estimate of drug-likeness (QED) is 0.401. The summed E-state index contributed by atoms with van der Waals surface area (Å²) < 4.78 is 32.2. The predicted molar refractivity (Wildman–Crippen MR) is 119 cm³/mol. The summed E-state index contributed by atoms with van der Waals surface area (Å²) in [5, 5.41) is 0. The van der Waals surface area contributed by atoms with E-state index in [1.807, 2.05) is 12.2 Å². The van der Waals surface area contributed by atoms with Crippen molar-refractivity contribution >= 4 is 24.1 Å². The highest BCUT2D eigenvalue weighted by molar-refractivity contribution is 5.78. The van der Waals surface area contributed by atoms with Crippen LogP contribution < -0.4 is 18.9 Å². The van der Waals surface area contributed by atoms with Crippen LogP contribution in [0.2, 0.25) is 0 Å². The Balaban J connectivity index is 2.53. The van der Waals surface area contributed by atoms with Crippen molar-refractivity contribution in [2.24, 2.45) is 0 Å². The Morgan fingerprint density at radius 1 is 0.656 bits per heavy atom. The Hall–Kier alpha value is -3.68. The van der Waals surface area contributed by atoms with E-state index in [9.17, 15) is 9.59 Å². The average molecular weight is 444 g/mol. The maximum atomic E-state index is 11.3. The summed E-state index contributed by atoms with van der Waals surface area (Å²) in [7, 11) is 6.19. The van der Waals surface area contributed by atoms with Crippen molar-refractivity contribution in [2.75, 3.05) is 28.4 Å². The molecule has 0 unspecified atom stereocenters. The molecular weight excluding hydrogens is 416 g/mol. The van der Waals surface area contributed by atoms with E-state index in [1.165, 1.54) is 13.8 Å². The van der Waals surface area contributed by atoms with Crippen LogP contribution in [-0.4, -0.2) is 40.4 Å². The molecule has 0 atom stereocenters. The lowest BCUT2D eigenvalue weighted by Crippen LogP contribution is -2.03. The summed E-state index contributed by atoms with van der Waals surface area (Å²) in [5.41, 5.74) is 2.74. The third-order valence-corrected chi connectivity index (χ3v) is 4.52. The second kappa shape index (κ2) is 11.6. The smallest absolute Gasteiger partial charge is 0.302 e. The number of benzene rings is 2. The molecule has 0 heterocycles. The van der Waals surface area contributed by atoms with E-state index in [1.54, 1.807) is 52.7 Å². The summed E-state index contributed by atoms with van der Waals surface area (Å²) in [6, 6.07) is 7.11. The monoisotopic (exact) mass is 444 g/mol. The van der Waals surface area contributed by atoms with Crippen molar-refractivity contribution in [3.63, 3.8) is 0 Å². The fourth-order valence-electron chi connectivity index (χ4n) is 3.10. The number of hydrogen-bond donors (Lipinski definition) is 0. The van der Waals surface area contributed by atoms with Crippen LogP contribution in [0.1, 0.15) is 36.1 Å². The molecule has 172 valence electrons. The van der Waals surface area contributed by atoms with Crippen LogP contribution in [0, 0.1) is 0 Å². The average Bonchev–Trinajstić information content (AvgIpc) is 2.78. The molecule has 0 aliphatic rings. The van der Waals surface area contributed by atoms with Gasteiger partial charge in [0.15, 0.2) is 0 Å². The molecule has 0 radical (unpaired) electrons. The van der Waals surface area contributed by atoms with Gasteiger partial charge in [-0.25, -0.2) is 0 Å². The molecular formula is C24H28O8. The van der Waals surface area contributed by atoms with E-state index in [0.717, 1.165) is 0 Å². The summed E-state index contributed by atoms with van der Waals surface area (Å²) in [6.07, 6.45) is 3.65. The van der Waals surface area contributed by atoms with Gasteiger partial charge in [0.05, 0.1) is 28.4 Å². The minimum atomic E-state index is -0.395. The van der Waals surface area contributed by atoms with Crippen molar-refractivity contribution in [1.82, 2.24) is 0 Å². The Kier molecular flexibility index (Phi) is 8.95. The highest BCUT2D eigenvalue weighted by Crippen LogP contribution is 2.35. The summed E-state index contributed by atoms with van der Waals surface area (Å²) in [4.78, 5) is 22.5. The fourth-order valence-corrected chi connectivity index (χ4v) is 3.10. The van der Waals surface area contributed by atoms with Gasteiger partial charge in [0.2, 0.25) is 0 Å². The third kappa shape index (κ3) is 6.41. The molecule has 2 aromatic rings. The van der Waals surface area contributed by atoms with Crippen LogP contribution in [0.25, 0.3) is 12.2 Å². The highest BCUT2D eigenvalue weighted by Gasteiger charge is 2.15. The Morgan fingerprint density at radius 3 is 1.31 bits per heavy atom. The lowest BCUT2D eigenvalue weighted by atomic mass is 10.0. The molecule has 2 aromatic carbocycles. The van der Waals surface area contributed by atoms with E-state index in [-0.39, 0.29) is 13.2 Å². The number of methoxy groups -OCH3 is 4. The van der Waals surface area contributed by atoms with E-state index >= 15 is 0 Å². The van der Waals surface area contributed by atoms with E-state index in [0.29, 0.717) is 45.3 Å². The predicted octanol–water partition coefficient (Wildman–Crippen LogP) is 4.02. The zero-order chi connectivity index (χ0) is 23.7. The molecule has 0 fully saturated rings. The number of hydrogen-bond acceptors (Lipinski definition) is 8. The standard InChI is InChI=1S/C24H28O8/c1-15(25)31-13-19-11-21(27-3)9-17(23(19)29-5)7-8-18-10-22(28-4)12-20(24(18)30-6)14-32-16(2)26/h7-12H,13-14H2,1-6H3/b8-7-. The molecule has 0 aliphatic heterocycles. The highest BCUT2D eigenvalue weighted by atomic mass is 16.5. The largest absolute Gasteiger partial charge is 0.497 e. The lowest BCUT2D eigenvalue weighted by Gasteiger charge is -2.15. The second-order valence-electron chi connectivity index (χ2n) is 6.71. The first-order valence-corrected chi connectivity index (χ1v) is 9.77. The lowest BCUT2D eigenvalue weighted by molar-refractivity contribution is -0.143. The second-order valence-corrected chi connectivity index (χ2v) is 6.71. The van der Waals surface area contributed by atoms with Crippen LogP contribution in [0.5, 0.6) is 23.0 Å². The maximum Gasteiger partial charge on any atom is 0.302 e. The Bertz CT molecular complexity index is 914. The molecule has 0 aliphatic carbocycles. The number of esters is 2. The SMILES string of the molecule is COc1cc(/C=C\c2cc(OC)cc(COC(C)=O)c2OC)c(OC)c(COC(C)=O)c1.